The molecule has 0 radical (unpaired) electrons. The van der Waals surface area contributed by atoms with Gasteiger partial charge in [0, 0.05) is 88.7 Å². The molecule has 0 aromatic carbocycles. The largest absolute Gasteiger partial charge is 0.500 e. The van der Waals surface area contributed by atoms with E-state index in [4.69, 9.17) is 58.8 Å². The summed E-state index contributed by atoms with van der Waals surface area (Å²) in [6, 6.07) is 2.59. The minimum atomic E-state index is -2.39. The Balaban J connectivity index is 0.000000236. The van der Waals surface area contributed by atoms with Crippen LogP contribution in [-0.2, 0) is 58.8 Å². The smallest absolute Gasteiger partial charge is 0.379 e. The number of hydrogen-bond donors (Lipinski definition) is 0. The van der Waals surface area contributed by atoms with Gasteiger partial charge >= 0.3 is 26.4 Å². The van der Waals surface area contributed by atoms with E-state index in [2.05, 4.69) is 0 Å². The van der Waals surface area contributed by atoms with Gasteiger partial charge in [0.05, 0.1) is 38.1 Å². The third kappa shape index (κ3) is 15.5. The lowest BCUT2D eigenvalue weighted by atomic mass is 9.88. The lowest BCUT2D eigenvalue weighted by Crippen LogP contribution is -2.43. The molecule has 1 saturated carbocycles. The molecule has 0 spiro atoms. The molecule has 1 aliphatic carbocycles. The zero-order valence-corrected chi connectivity index (χ0v) is 32.3. The summed E-state index contributed by atoms with van der Waals surface area (Å²) in [5, 5.41) is 0. The van der Waals surface area contributed by atoms with Crippen LogP contribution in [0.5, 0.6) is 0 Å². The van der Waals surface area contributed by atoms with E-state index < -0.39 is 26.4 Å². The molecule has 16 heteroatoms. The van der Waals surface area contributed by atoms with Gasteiger partial charge in [0.2, 0.25) is 0 Å². The van der Waals surface area contributed by atoms with Crippen molar-refractivity contribution in [2.75, 3.05) is 90.4 Å². The monoisotopic (exact) mass is 702 g/mol. The van der Waals surface area contributed by atoms with Crippen molar-refractivity contribution in [3.63, 3.8) is 0 Å². The highest BCUT2D eigenvalue weighted by Crippen LogP contribution is 2.41. The van der Waals surface area contributed by atoms with Gasteiger partial charge in [-0.05, 0) is 50.9 Å². The van der Waals surface area contributed by atoms with Crippen molar-refractivity contribution in [2.45, 2.75) is 93.9 Å². The Hall–Kier alpha value is 0.131. The molecule has 4 rings (SSSR count). The second-order valence-corrected chi connectivity index (χ2v) is 20.9. The Labute approximate surface area is 275 Å². The van der Waals surface area contributed by atoms with Crippen molar-refractivity contribution in [3.05, 3.63) is 0 Å². The van der Waals surface area contributed by atoms with Gasteiger partial charge in [-0.1, -0.05) is 6.42 Å². The van der Waals surface area contributed by atoms with Crippen LogP contribution in [-0.4, -0.2) is 141 Å². The van der Waals surface area contributed by atoms with E-state index in [-0.39, 0.29) is 0 Å². The third-order valence-corrected chi connectivity index (χ3v) is 17.3. The van der Waals surface area contributed by atoms with Crippen LogP contribution in [0.15, 0.2) is 0 Å². The van der Waals surface area contributed by atoms with Crippen LogP contribution in [0.2, 0.25) is 18.1 Å². The summed E-state index contributed by atoms with van der Waals surface area (Å²) < 4.78 is 69.2. The Morgan fingerprint density at radius 2 is 1.02 bits per heavy atom. The van der Waals surface area contributed by atoms with Crippen molar-refractivity contribution in [2.24, 2.45) is 5.92 Å². The maximum absolute atomic E-state index is 5.54. The molecule has 13 nitrogen and oxygen atoms in total. The number of rotatable bonds is 23. The van der Waals surface area contributed by atoms with Crippen LogP contribution in [0.4, 0.5) is 0 Å². The van der Waals surface area contributed by atoms with Crippen molar-refractivity contribution < 1.29 is 58.8 Å². The molecule has 4 fully saturated rings. The van der Waals surface area contributed by atoms with E-state index in [1.54, 1.807) is 64.0 Å². The van der Waals surface area contributed by atoms with Crippen LogP contribution in [0.25, 0.3) is 0 Å². The second kappa shape index (κ2) is 22.0. The van der Waals surface area contributed by atoms with Crippen molar-refractivity contribution in [1.29, 1.82) is 0 Å². The average Bonchev–Trinajstić information content (AvgIpc) is 3.95. The molecule has 5 atom stereocenters. The molecule has 0 N–H and O–H groups in total. The Kier molecular flexibility index (Phi) is 20.2. The number of ether oxygens (including phenoxy) is 4. The molecular formula is C29H62O13Si3. The molecule has 268 valence electrons. The fraction of sp³-hybridized carbons (Fsp3) is 1.00. The van der Waals surface area contributed by atoms with Gasteiger partial charge in [0.1, 0.15) is 6.10 Å². The topological polar surface area (TPSA) is 130 Å². The van der Waals surface area contributed by atoms with Crippen LogP contribution in [0, 0.1) is 5.92 Å². The van der Waals surface area contributed by atoms with Gasteiger partial charge in [0.25, 0.3) is 0 Å². The molecule has 3 heterocycles. The fourth-order valence-corrected chi connectivity index (χ4v) is 10.9. The SMILES string of the molecule is CO[Si](CCC1CCC2OC2C1)(OC)OC.CO[Si](CCCCC1CO1)(OC)OC.CO[Si](CCCOCC1CO1)(OC)OC. The molecule has 0 aromatic heterocycles. The second-order valence-electron chi connectivity index (χ2n) is 11.7. The highest BCUT2D eigenvalue weighted by Gasteiger charge is 2.45. The summed E-state index contributed by atoms with van der Waals surface area (Å²) >= 11 is 0. The summed E-state index contributed by atoms with van der Waals surface area (Å²) in [4.78, 5) is 0. The van der Waals surface area contributed by atoms with E-state index in [1.807, 2.05) is 0 Å². The first-order valence-electron chi connectivity index (χ1n) is 16.2. The Bertz CT molecular complexity index is 726. The zero-order chi connectivity index (χ0) is 33.2. The first-order chi connectivity index (χ1) is 21.7. The molecule has 45 heavy (non-hydrogen) atoms. The lowest BCUT2D eigenvalue weighted by Gasteiger charge is -2.27. The van der Waals surface area contributed by atoms with Gasteiger partial charge < -0.3 is 58.8 Å². The van der Waals surface area contributed by atoms with E-state index in [0.29, 0.717) is 37.6 Å². The molecule has 0 amide bonds. The van der Waals surface area contributed by atoms with E-state index in [0.717, 1.165) is 69.4 Å². The van der Waals surface area contributed by atoms with Gasteiger partial charge in [-0.25, -0.2) is 0 Å². The van der Waals surface area contributed by atoms with Gasteiger partial charge in [-0.3, -0.25) is 0 Å². The molecule has 3 saturated heterocycles. The quantitative estimate of drug-likeness (QED) is 0.0867. The molecule has 0 aromatic rings. The van der Waals surface area contributed by atoms with Crippen molar-refractivity contribution >= 4 is 26.4 Å². The highest BCUT2D eigenvalue weighted by molar-refractivity contribution is 6.61. The van der Waals surface area contributed by atoms with E-state index >= 15 is 0 Å². The minimum Gasteiger partial charge on any atom is -0.379 e. The van der Waals surface area contributed by atoms with E-state index in [1.165, 1.54) is 19.3 Å². The Morgan fingerprint density at radius 3 is 1.49 bits per heavy atom. The van der Waals surface area contributed by atoms with Crippen molar-refractivity contribution in [1.82, 2.24) is 0 Å². The van der Waals surface area contributed by atoms with Gasteiger partial charge in [-0.2, -0.15) is 0 Å². The Morgan fingerprint density at radius 1 is 0.533 bits per heavy atom. The number of epoxide rings is 3. The van der Waals surface area contributed by atoms with Crippen LogP contribution in [0.3, 0.4) is 0 Å². The number of hydrogen-bond acceptors (Lipinski definition) is 13. The summed E-state index contributed by atoms with van der Waals surface area (Å²) in [6.07, 6.45) is 11.2. The van der Waals surface area contributed by atoms with Crippen LogP contribution < -0.4 is 0 Å². The third-order valence-electron chi connectivity index (χ3n) is 8.91. The van der Waals surface area contributed by atoms with Gasteiger partial charge in [-0.15, -0.1) is 0 Å². The standard InChI is InChI=1S/C11H22O4Si.C9H20O5Si.C9H20O4Si/c1-12-16(13-2,14-3)7-6-9-4-5-10-11(8-9)15-10;1-10-15(11-2,12-3)6-4-5-13-7-9-8-14-9;1-10-14(11-2,12-3)7-5-4-6-9-8-13-9/h9-11H,4-8H2,1-3H3;9H,4-8H2,1-3H3;9H,4-8H2,1-3H3. The summed E-state index contributed by atoms with van der Waals surface area (Å²) in [6.45, 7) is 3.18. The molecule has 3 aliphatic heterocycles. The summed E-state index contributed by atoms with van der Waals surface area (Å²) in [5.41, 5.74) is 0. The summed E-state index contributed by atoms with van der Waals surface area (Å²) in [5.74, 6) is 0.760. The summed E-state index contributed by atoms with van der Waals surface area (Å²) in [7, 11) is 7.83. The predicted octanol–water partition coefficient (Wildman–Crippen LogP) is 3.93. The van der Waals surface area contributed by atoms with Crippen molar-refractivity contribution in [3.8, 4) is 0 Å². The molecule has 5 unspecified atom stereocenters. The molecule has 4 aliphatic rings. The fourth-order valence-electron chi connectivity index (χ4n) is 5.52. The first kappa shape index (κ1) is 41.3. The van der Waals surface area contributed by atoms with Crippen LogP contribution >= 0.6 is 0 Å². The normalized spacial score (nSPS) is 25.4. The minimum absolute atomic E-state index is 0.333. The zero-order valence-electron chi connectivity index (χ0n) is 29.3. The van der Waals surface area contributed by atoms with E-state index in [9.17, 15) is 0 Å². The van der Waals surface area contributed by atoms with Crippen LogP contribution in [0.1, 0.15) is 51.4 Å². The number of unbranched alkanes of at least 4 members (excludes halogenated alkanes) is 1. The molecule has 0 bridgehead atoms. The average molecular weight is 703 g/mol. The molecular weight excluding hydrogens is 641 g/mol. The number of fused-ring (bicyclic) bond motifs is 1. The maximum Gasteiger partial charge on any atom is 0.500 e. The van der Waals surface area contributed by atoms with Gasteiger partial charge in [0.15, 0.2) is 0 Å². The maximum atomic E-state index is 5.54. The lowest BCUT2D eigenvalue weighted by molar-refractivity contribution is 0.100. The highest BCUT2D eigenvalue weighted by atomic mass is 28.4. The predicted molar refractivity (Wildman–Crippen MR) is 174 cm³/mol. The first-order valence-corrected chi connectivity index (χ1v) is 22.0.